The predicted molar refractivity (Wildman–Crippen MR) is 89.9 cm³/mol. The van der Waals surface area contributed by atoms with E-state index < -0.39 is 0 Å². The minimum absolute atomic E-state index is 0.0752. The Morgan fingerprint density at radius 3 is 2.57 bits per heavy atom. The molecular formula is C19H26N2O2. The lowest BCUT2D eigenvalue weighted by molar-refractivity contribution is -0.138. The summed E-state index contributed by atoms with van der Waals surface area (Å²) in [6, 6.07) is 6.70. The number of benzene rings is 1. The highest BCUT2D eigenvalue weighted by Gasteiger charge is 2.47. The second-order valence-electron chi connectivity index (χ2n) is 7.31. The number of aryl methyl sites for hydroxylation is 2. The molecule has 4 atom stereocenters. The molecule has 0 radical (unpaired) electrons. The monoisotopic (exact) mass is 314 g/mol. The smallest absolute Gasteiger partial charge is 0.226 e. The zero-order valence-electron chi connectivity index (χ0n) is 14.2. The van der Waals surface area contributed by atoms with Gasteiger partial charge in [0.05, 0.1) is 5.92 Å². The van der Waals surface area contributed by atoms with Crippen LogP contribution in [-0.2, 0) is 9.59 Å². The molecule has 1 aliphatic carbocycles. The van der Waals surface area contributed by atoms with Gasteiger partial charge in [0.25, 0.3) is 0 Å². The highest BCUT2D eigenvalue weighted by molar-refractivity contribution is 5.84. The van der Waals surface area contributed by atoms with Gasteiger partial charge in [-0.15, -0.1) is 0 Å². The maximum atomic E-state index is 12.8. The van der Waals surface area contributed by atoms with E-state index in [2.05, 4.69) is 39.0 Å². The predicted octanol–water partition coefficient (Wildman–Crippen LogP) is 2.52. The van der Waals surface area contributed by atoms with Crippen molar-refractivity contribution in [2.75, 3.05) is 6.54 Å². The lowest BCUT2D eigenvalue weighted by atomic mass is 9.92. The SMILES string of the molecule is Cc1ccc([C@@H]2C[C@@H]2C(=O)N2C[C@@H](C(N)=O)CC[C@@H]2C)cc1C. The highest BCUT2D eigenvalue weighted by atomic mass is 16.2. The lowest BCUT2D eigenvalue weighted by Gasteiger charge is -2.37. The van der Waals surface area contributed by atoms with Crippen molar-refractivity contribution in [3.05, 3.63) is 34.9 Å². The van der Waals surface area contributed by atoms with Gasteiger partial charge in [0.1, 0.15) is 0 Å². The van der Waals surface area contributed by atoms with E-state index in [4.69, 9.17) is 5.73 Å². The minimum atomic E-state index is -0.281. The van der Waals surface area contributed by atoms with Crippen LogP contribution in [0.5, 0.6) is 0 Å². The molecule has 4 nitrogen and oxygen atoms in total. The van der Waals surface area contributed by atoms with Gasteiger partial charge in [-0.05, 0) is 62.6 Å². The van der Waals surface area contributed by atoms with Crippen LogP contribution in [0.25, 0.3) is 0 Å². The quantitative estimate of drug-likeness (QED) is 0.932. The Morgan fingerprint density at radius 1 is 1.17 bits per heavy atom. The van der Waals surface area contributed by atoms with Crippen LogP contribution in [0.2, 0.25) is 0 Å². The van der Waals surface area contributed by atoms with Gasteiger partial charge in [0.2, 0.25) is 11.8 Å². The van der Waals surface area contributed by atoms with Crippen LogP contribution in [-0.4, -0.2) is 29.3 Å². The Balaban J connectivity index is 1.69. The Hall–Kier alpha value is -1.84. The lowest BCUT2D eigenvalue weighted by Crippen LogP contribution is -2.49. The standard InChI is InChI=1S/C19H26N2O2/c1-11-4-6-14(8-12(11)2)16-9-17(16)19(23)21-10-15(18(20)22)7-5-13(21)3/h4,6,8,13,15-17H,5,7,9-10H2,1-3H3,(H2,20,22)/t13-,15-,16-,17-/m0/s1. The molecule has 1 aliphatic heterocycles. The van der Waals surface area contributed by atoms with E-state index in [0.29, 0.717) is 12.5 Å². The first-order valence-electron chi connectivity index (χ1n) is 8.55. The topological polar surface area (TPSA) is 63.4 Å². The van der Waals surface area contributed by atoms with E-state index in [1.165, 1.54) is 16.7 Å². The summed E-state index contributed by atoms with van der Waals surface area (Å²) < 4.78 is 0. The summed E-state index contributed by atoms with van der Waals surface area (Å²) in [5.74, 6) is 0.144. The van der Waals surface area contributed by atoms with Crippen molar-refractivity contribution < 1.29 is 9.59 Å². The van der Waals surface area contributed by atoms with Crippen LogP contribution in [0.1, 0.15) is 48.8 Å². The summed E-state index contributed by atoms with van der Waals surface area (Å²) >= 11 is 0. The molecule has 3 rings (SSSR count). The van der Waals surface area contributed by atoms with Crippen LogP contribution in [0.4, 0.5) is 0 Å². The third kappa shape index (κ3) is 3.12. The summed E-state index contributed by atoms with van der Waals surface area (Å²) in [7, 11) is 0. The summed E-state index contributed by atoms with van der Waals surface area (Å²) in [5, 5.41) is 0. The fourth-order valence-electron chi connectivity index (χ4n) is 3.69. The van der Waals surface area contributed by atoms with E-state index in [0.717, 1.165) is 19.3 Å². The molecule has 4 heteroatoms. The molecule has 1 heterocycles. The molecule has 0 unspecified atom stereocenters. The minimum Gasteiger partial charge on any atom is -0.369 e. The van der Waals surface area contributed by atoms with E-state index in [1.807, 2.05) is 4.90 Å². The molecular weight excluding hydrogens is 288 g/mol. The van der Waals surface area contributed by atoms with Gasteiger partial charge in [0, 0.05) is 18.5 Å². The molecule has 2 fully saturated rings. The Kier molecular flexibility index (Phi) is 4.17. The molecule has 0 aromatic heterocycles. The van der Waals surface area contributed by atoms with Crippen molar-refractivity contribution in [3.8, 4) is 0 Å². The Bertz CT molecular complexity index is 640. The summed E-state index contributed by atoms with van der Waals surface area (Å²) in [5.41, 5.74) is 9.27. The van der Waals surface area contributed by atoms with Crippen molar-refractivity contribution >= 4 is 11.8 Å². The van der Waals surface area contributed by atoms with Crippen LogP contribution >= 0.6 is 0 Å². The molecule has 23 heavy (non-hydrogen) atoms. The van der Waals surface area contributed by atoms with Gasteiger partial charge in [0.15, 0.2) is 0 Å². The first-order chi connectivity index (χ1) is 10.9. The Labute approximate surface area is 138 Å². The van der Waals surface area contributed by atoms with Crippen molar-refractivity contribution in [3.63, 3.8) is 0 Å². The number of nitrogens with zero attached hydrogens (tertiary/aromatic N) is 1. The van der Waals surface area contributed by atoms with Gasteiger partial charge in [-0.25, -0.2) is 0 Å². The number of primary amides is 1. The average molecular weight is 314 g/mol. The number of rotatable bonds is 3. The van der Waals surface area contributed by atoms with Gasteiger partial charge in [-0.3, -0.25) is 9.59 Å². The van der Waals surface area contributed by atoms with Gasteiger partial charge in [-0.2, -0.15) is 0 Å². The van der Waals surface area contributed by atoms with Crippen molar-refractivity contribution in [2.24, 2.45) is 17.6 Å². The largest absolute Gasteiger partial charge is 0.369 e. The third-order valence-electron chi connectivity index (χ3n) is 5.63. The van der Waals surface area contributed by atoms with Gasteiger partial charge in [-0.1, -0.05) is 18.2 Å². The Morgan fingerprint density at radius 2 is 1.91 bits per heavy atom. The number of nitrogens with two attached hydrogens (primary N) is 1. The summed E-state index contributed by atoms with van der Waals surface area (Å²) in [4.78, 5) is 26.2. The first-order valence-corrected chi connectivity index (χ1v) is 8.55. The molecule has 1 aromatic carbocycles. The highest BCUT2D eigenvalue weighted by Crippen LogP contribution is 2.49. The molecule has 124 valence electrons. The molecule has 1 saturated heterocycles. The molecule has 2 aliphatic rings. The second-order valence-corrected chi connectivity index (χ2v) is 7.31. The molecule has 2 amide bonds. The fourth-order valence-corrected chi connectivity index (χ4v) is 3.69. The van der Waals surface area contributed by atoms with Crippen LogP contribution in [0.3, 0.4) is 0 Å². The number of hydrogen-bond donors (Lipinski definition) is 1. The number of likely N-dealkylation sites (tertiary alicyclic amines) is 1. The molecule has 2 N–H and O–H groups in total. The second kappa shape index (κ2) is 5.99. The molecule has 1 saturated carbocycles. The van der Waals surface area contributed by atoms with E-state index in [9.17, 15) is 9.59 Å². The average Bonchev–Trinajstić information content (AvgIpc) is 3.30. The number of piperidine rings is 1. The summed E-state index contributed by atoms with van der Waals surface area (Å²) in [6.45, 7) is 6.78. The number of amides is 2. The molecule has 0 spiro atoms. The molecule has 0 bridgehead atoms. The van der Waals surface area contributed by atoms with Crippen molar-refractivity contribution in [1.29, 1.82) is 0 Å². The van der Waals surface area contributed by atoms with Gasteiger partial charge < -0.3 is 10.6 Å². The van der Waals surface area contributed by atoms with E-state index in [1.54, 1.807) is 0 Å². The molecule has 1 aromatic rings. The fraction of sp³-hybridized carbons (Fsp3) is 0.579. The van der Waals surface area contributed by atoms with E-state index in [-0.39, 0.29) is 29.7 Å². The number of hydrogen-bond acceptors (Lipinski definition) is 2. The van der Waals surface area contributed by atoms with Gasteiger partial charge >= 0.3 is 0 Å². The van der Waals surface area contributed by atoms with Crippen molar-refractivity contribution in [1.82, 2.24) is 4.90 Å². The normalized spacial score (nSPS) is 30.1. The maximum absolute atomic E-state index is 12.8. The first kappa shape index (κ1) is 16.0. The third-order valence-corrected chi connectivity index (χ3v) is 5.63. The van der Waals surface area contributed by atoms with Crippen molar-refractivity contribution in [2.45, 2.75) is 52.0 Å². The number of carbonyl (C=O) groups excluding carboxylic acids is 2. The zero-order valence-corrected chi connectivity index (χ0v) is 14.2. The number of carbonyl (C=O) groups is 2. The maximum Gasteiger partial charge on any atom is 0.226 e. The van der Waals surface area contributed by atoms with Crippen LogP contribution in [0, 0.1) is 25.7 Å². The van der Waals surface area contributed by atoms with E-state index >= 15 is 0 Å². The zero-order chi connectivity index (χ0) is 16.7. The van der Waals surface area contributed by atoms with Crippen LogP contribution in [0.15, 0.2) is 18.2 Å². The summed E-state index contributed by atoms with van der Waals surface area (Å²) in [6.07, 6.45) is 2.58. The van der Waals surface area contributed by atoms with Crippen LogP contribution < -0.4 is 5.73 Å².